The van der Waals surface area contributed by atoms with Crippen LogP contribution in [0.15, 0.2) is 18.2 Å². The summed E-state index contributed by atoms with van der Waals surface area (Å²) < 4.78 is 0. The van der Waals surface area contributed by atoms with Gasteiger partial charge in [0.05, 0.1) is 0 Å². The number of anilines is 3. The van der Waals surface area contributed by atoms with E-state index >= 15 is 0 Å². The molecular formula is C17H24N4. The lowest BCUT2D eigenvalue weighted by Crippen LogP contribution is -2.17. The number of rotatable bonds is 4. The third-order valence-corrected chi connectivity index (χ3v) is 3.75. The molecule has 1 heterocycles. The third kappa shape index (κ3) is 2.99. The fourth-order valence-corrected chi connectivity index (χ4v) is 2.57. The quantitative estimate of drug-likeness (QED) is 0.927. The van der Waals surface area contributed by atoms with Crippen LogP contribution in [0, 0.1) is 20.8 Å². The monoisotopic (exact) mass is 284 g/mol. The molecule has 0 radical (unpaired) electrons. The highest BCUT2D eigenvalue weighted by Crippen LogP contribution is 2.30. The smallest absolute Gasteiger partial charge is 0.141 e. The molecule has 0 atom stereocenters. The molecule has 0 fully saturated rings. The molecule has 4 heteroatoms. The van der Waals surface area contributed by atoms with Crippen molar-refractivity contribution in [3.05, 3.63) is 40.7 Å². The van der Waals surface area contributed by atoms with E-state index in [9.17, 15) is 0 Å². The van der Waals surface area contributed by atoms with Gasteiger partial charge in [-0.05, 0) is 32.4 Å². The molecule has 21 heavy (non-hydrogen) atoms. The topological polar surface area (TPSA) is 41.1 Å². The molecule has 0 aliphatic heterocycles. The van der Waals surface area contributed by atoms with Gasteiger partial charge in [0.15, 0.2) is 0 Å². The Kier molecular flexibility index (Phi) is 4.46. The van der Waals surface area contributed by atoms with Crippen molar-refractivity contribution >= 4 is 17.3 Å². The molecular weight excluding hydrogens is 260 g/mol. The van der Waals surface area contributed by atoms with Crippen LogP contribution in [0.5, 0.6) is 0 Å². The highest BCUT2D eigenvalue weighted by molar-refractivity contribution is 5.69. The van der Waals surface area contributed by atoms with Gasteiger partial charge in [-0.1, -0.05) is 24.6 Å². The number of nitrogens with one attached hydrogen (secondary N) is 1. The third-order valence-electron chi connectivity index (χ3n) is 3.75. The standard InChI is InChI=1S/C17H24N4/c1-7-15-19-16(18-5)13(4)17(20-15)21(6)14-9-8-11(2)10-12(14)3/h8-10H,7H2,1-6H3,(H,18,19,20). The molecule has 0 aliphatic rings. The summed E-state index contributed by atoms with van der Waals surface area (Å²) in [5.41, 5.74) is 4.76. The van der Waals surface area contributed by atoms with Crippen LogP contribution < -0.4 is 10.2 Å². The Balaban J connectivity index is 2.54. The first-order valence-electron chi connectivity index (χ1n) is 7.34. The van der Waals surface area contributed by atoms with Gasteiger partial charge >= 0.3 is 0 Å². The van der Waals surface area contributed by atoms with E-state index in [1.165, 1.54) is 16.8 Å². The second-order valence-electron chi connectivity index (χ2n) is 5.39. The molecule has 1 aromatic heterocycles. The number of aryl methyl sites for hydroxylation is 3. The second-order valence-corrected chi connectivity index (χ2v) is 5.39. The summed E-state index contributed by atoms with van der Waals surface area (Å²) in [5, 5.41) is 3.16. The summed E-state index contributed by atoms with van der Waals surface area (Å²) >= 11 is 0. The van der Waals surface area contributed by atoms with Crippen molar-refractivity contribution in [1.29, 1.82) is 0 Å². The minimum Gasteiger partial charge on any atom is -0.373 e. The fraction of sp³-hybridized carbons (Fsp3) is 0.412. The molecule has 0 bridgehead atoms. The van der Waals surface area contributed by atoms with Crippen LogP contribution in [0.2, 0.25) is 0 Å². The van der Waals surface area contributed by atoms with Crippen LogP contribution in [0.1, 0.15) is 29.4 Å². The molecule has 112 valence electrons. The summed E-state index contributed by atoms with van der Waals surface area (Å²) in [7, 11) is 3.96. The van der Waals surface area contributed by atoms with Gasteiger partial charge in [-0.2, -0.15) is 0 Å². The Hall–Kier alpha value is -2.10. The van der Waals surface area contributed by atoms with E-state index in [-0.39, 0.29) is 0 Å². The van der Waals surface area contributed by atoms with Gasteiger partial charge in [0, 0.05) is 31.8 Å². The first-order valence-corrected chi connectivity index (χ1v) is 7.34. The van der Waals surface area contributed by atoms with Gasteiger partial charge in [0.1, 0.15) is 17.5 Å². The summed E-state index contributed by atoms with van der Waals surface area (Å²) in [6.07, 6.45) is 0.822. The van der Waals surface area contributed by atoms with Crippen molar-refractivity contribution in [1.82, 2.24) is 9.97 Å². The highest BCUT2D eigenvalue weighted by atomic mass is 15.2. The second kappa shape index (κ2) is 6.12. The predicted molar refractivity (Wildman–Crippen MR) is 89.7 cm³/mol. The number of hydrogen-bond acceptors (Lipinski definition) is 4. The minimum absolute atomic E-state index is 0.822. The van der Waals surface area contributed by atoms with Crippen molar-refractivity contribution in [3.8, 4) is 0 Å². The zero-order valence-electron chi connectivity index (χ0n) is 13.8. The first kappa shape index (κ1) is 15.3. The van der Waals surface area contributed by atoms with Gasteiger partial charge in [0.2, 0.25) is 0 Å². The summed E-state index contributed by atoms with van der Waals surface area (Å²) in [4.78, 5) is 11.4. The predicted octanol–water partition coefficient (Wildman–Crippen LogP) is 3.77. The Morgan fingerprint density at radius 2 is 1.86 bits per heavy atom. The normalized spacial score (nSPS) is 10.6. The number of nitrogens with zero attached hydrogens (tertiary/aromatic N) is 3. The van der Waals surface area contributed by atoms with Gasteiger partial charge in [-0.25, -0.2) is 9.97 Å². The van der Waals surface area contributed by atoms with Crippen molar-refractivity contribution in [2.75, 3.05) is 24.3 Å². The van der Waals surface area contributed by atoms with Crippen molar-refractivity contribution in [3.63, 3.8) is 0 Å². The van der Waals surface area contributed by atoms with Gasteiger partial charge in [-0.3, -0.25) is 0 Å². The van der Waals surface area contributed by atoms with E-state index in [0.717, 1.165) is 29.4 Å². The SMILES string of the molecule is CCc1nc(NC)c(C)c(N(C)c2ccc(C)cc2C)n1. The molecule has 0 saturated heterocycles. The van der Waals surface area contributed by atoms with E-state index < -0.39 is 0 Å². The molecule has 1 aromatic carbocycles. The molecule has 2 rings (SSSR count). The van der Waals surface area contributed by atoms with Crippen LogP contribution in [0.4, 0.5) is 17.3 Å². The van der Waals surface area contributed by atoms with E-state index in [0.29, 0.717) is 0 Å². The molecule has 0 saturated carbocycles. The number of hydrogen-bond donors (Lipinski definition) is 1. The maximum Gasteiger partial charge on any atom is 0.141 e. The molecule has 2 aromatic rings. The largest absolute Gasteiger partial charge is 0.373 e. The lowest BCUT2D eigenvalue weighted by molar-refractivity contribution is 0.916. The average molecular weight is 284 g/mol. The number of aromatic nitrogens is 2. The Morgan fingerprint density at radius 1 is 1.14 bits per heavy atom. The number of benzene rings is 1. The zero-order chi connectivity index (χ0) is 15.6. The van der Waals surface area contributed by atoms with E-state index in [2.05, 4.69) is 68.1 Å². The van der Waals surface area contributed by atoms with E-state index in [1.54, 1.807) is 0 Å². The molecule has 1 N–H and O–H groups in total. The molecule has 4 nitrogen and oxygen atoms in total. The van der Waals surface area contributed by atoms with Crippen LogP contribution in [-0.2, 0) is 6.42 Å². The van der Waals surface area contributed by atoms with Crippen LogP contribution in [0.25, 0.3) is 0 Å². The molecule has 0 amide bonds. The lowest BCUT2D eigenvalue weighted by Gasteiger charge is -2.24. The average Bonchev–Trinajstić information content (AvgIpc) is 2.47. The van der Waals surface area contributed by atoms with Crippen LogP contribution in [-0.4, -0.2) is 24.1 Å². The maximum absolute atomic E-state index is 4.71. The van der Waals surface area contributed by atoms with Crippen molar-refractivity contribution < 1.29 is 0 Å². The van der Waals surface area contributed by atoms with Gasteiger partial charge in [-0.15, -0.1) is 0 Å². The summed E-state index contributed by atoms with van der Waals surface area (Å²) in [6, 6.07) is 6.48. The zero-order valence-corrected chi connectivity index (χ0v) is 13.8. The van der Waals surface area contributed by atoms with Crippen molar-refractivity contribution in [2.24, 2.45) is 0 Å². The molecule has 0 aliphatic carbocycles. The van der Waals surface area contributed by atoms with E-state index in [4.69, 9.17) is 4.98 Å². The maximum atomic E-state index is 4.71. The Bertz CT molecular complexity index is 649. The summed E-state index contributed by atoms with van der Waals surface area (Å²) in [6.45, 7) is 8.38. The van der Waals surface area contributed by atoms with Gasteiger partial charge < -0.3 is 10.2 Å². The lowest BCUT2D eigenvalue weighted by atomic mass is 10.1. The molecule has 0 spiro atoms. The highest BCUT2D eigenvalue weighted by Gasteiger charge is 2.15. The van der Waals surface area contributed by atoms with E-state index in [1.807, 2.05) is 7.05 Å². The Labute approximate surface area is 127 Å². The minimum atomic E-state index is 0.822. The van der Waals surface area contributed by atoms with Crippen LogP contribution in [0.3, 0.4) is 0 Å². The van der Waals surface area contributed by atoms with Gasteiger partial charge in [0.25, 0.3) is 0 Å². The van der Waals surface area contributed by atoms with Crippen molar-refractivity contribution in [2.45, 2.75) is 34.1 Å². The summed E-state index contributed by atoms with van der Waals surface area (Å²) in [5.74, 6) is 2.71. The fourth-order valence-electron chi connectivity index (χ4n) is 2.57. The Morgan fingerprint density at radius 3 is 2.43 bits per heavy atom. The first-order chi connectivity index (χ1) is 9.97. The molecule has 0 unspecified atom stereocenters. The van der Waals surface area contributed by atoms with Crippen LogP contribution >= 0.6 is 0 Å².